The molecule has 3 aromatic carbocycles. The van der Waals surface area contributed by atoms with Crippen molar-refractivity contribution in [3.8, 4) is 0 Å². The number of amides is 1. The van der Waals surface area contributed by atoms with E-state index >= 15 is 0 Å². The second-order valence-electron chi connectivity index (χ2n) is 8.82. The van der Waals surface area contributed by atoms with Crippen molar-refractivity contribution < 1.29 is 4.79 Å². The minimum Gasteiger partial charge on any atom is -0.340 e. The highest BCUT2D eigenvalue weighted by atomic mass is 16.1. The molecule has 0 bridgehead atoms. The number of nitrogens with zero attached hydrogens (tertiary/aromatic N) is 3. The summed E-state index contributed by atoms with van der Waals surface area (Å²) in [4.78, 5) is 13.0. The van der Waals surface area contributed by atoms with E-state index in [4.69, 9.17) is 0 Å². The van der Waals surface area contributed by atoms with Gasteiger partial charge in [0.2, 0.25) is 0 Å². The largest absolute Gasteiger partial charge is 0.340 e. The maximum absolute atomic E-state index is 13.0. The molecule has 0 saturated carbocycles. The average molecular weight is 449 g/mol. The van der Waals surface area contributed by atoms with Gasteiger partial charge in [-0.25, -0.2) is 0 Å². The van der Waals surface area contributed by atoms with Gasteiger partial charge in [0, 0.05) is 34.9 Å². The number of hydrogen-bond acceptors (Lipinski definition) is 2. The molecule has 5 heteroatoms. The maximum Gasteiger partial charge on any atom is 0.255 e. The highest BCUT2D eigenvalue weighted by molar-refractivity contribution is 6.06. The lowest BCUT2D eigenvalue weighted by Gasteiger charge is -2.09. The normalized spacial score (nSPS) is 11.1. The van der Waals surface area contributed by atoms with Gasteiger partial charge in [-0.2, -0.15) is 5.10 Å². The number of aryl methyl sites for hydroxylation is 2. The van der Waals surface area contributed by atoms with Crippen LogP contribution in [0.25, 0.3) is 10.9 Å². The monoisotopic (exact) mass is 448 g/mol. The van der Waals surface area contributed by atoms with Gasteiger partial charge in [0.25, 0.3) is 5.91 Å². The molecule has 0 radical (unpaired) electrons. The highest BCUT2D eigenvalue weighted by Crippen LogP contribution is 2.27. The zero-order valence-corrected chi connectivity index (χ0v) is 19.7. The molecule has 0 aliphatic heterocycles. The molecule has 5 rings (SSSR count). The van der Waals surface area contributed by atoms with Gasteiger partial charge in [0.1, 0.15) is 0 Å². The van der Waals surface area contributed by atoms with Crippen molar-refractivity contribution in [3.05, 3.63) is 119 Å². The predicted octanol–water partition coefficient (Wildman–Crippen LogP) is 6.11. The topological polar surface area (TPSA) is 51.9 Å². The van der Waals surface area contributed by atoms with Crippen LogP contribution in [0, 0.1) is 20.8 Å². The third-order valence-corrected chi connectivity index (χ3v) is 6.57. The summed E-state index contributed by atoms with van der Waals surface area (Å²) in [5.41, 5.74) is 8.57. The standard InChI is InChI=1S/C29H28N4O/c1-20-9-7-8-12-25(20)18-32-19-26(16-30-32)31-29(34)24-13-14-28-27(15-24)21(2)22(3)33(28)17-23-10-5-4-6-11-23/h4-16,19H,17-18H2,1-3H3,(H,31,34). The third-order valence-electron chi connectivity index (χ3n) is 6.57. The Kier molecular flexibility index (Phi) is 5.76. The Morgan fingerprint density at radius 2 is 1.68 bits per heavy atom. The lowest BCUT2D eigenvalue weighted by molar-refractivity contribution is 0.102. The Bertz CT molecular complexity index is 1480. The van der Waals surface area contributed by atoms with E-state index in [-0.39, 0.29) is 5.91 Å². The van der Waals surface area contributed by atoms with Gasteiger partial charge >= 0.3 is 0 Å². The molecule has 1 amide bonds. The highest BCUT2D eigenvalue weighted by Gasteiger charge is 2.15. The second kappa shape index (κ2) is 9.02. The number of aromatic nitrogens is 3. The van der Waals surface area contributed by atoms with Crippen LogP contribution >= 0.6 is 0 Å². The van der Waals surface area contributed by atoms with E-state index in [1.807, 2.05) is 41.2 Å². The molecule has 5 aromatic rings. The van der Waals surface area contributed by atoms with Crippen LogP contribution in [0.15, 0.2) is 85.2 Å². The average Bonchev–Trinajstić information content (AvgIpc) is 3.38. The van der Waals surface area contributed by atoms with Crippen LogP contribution in [0.5, 0.6) is 0 Å². The number of carbonyl (C=O) groups is 1. The van der Waals surface area contributed by atoms with Gasteiger partial charge in [-0.15, -0.1) is 0 Å². The fourth-order valence-corrected chi connectivity index (χ4v) is 4.44. The first-order valence-electron chi connectivity index (χ1n) is 11.5. The summed E-state index contributed by atoms with van der Waals surface area (Å²) in [5, 5.41) is 8.52. The molecule has 2 heterocycles. The molecule has 170 valence electrons. The van der Waals surface area contributed by atoms with Gasteiger partial charge in [-0.3, -0.25) is 9.48 Å². The molecule has 0 unspecified atom stereocenters. The first kappa shape index (κ1) is 21.7. The van der Waals surface area contributed by atoms with Crippen molar-refractivity contribution in [2.24, 2.45) is 0 Å². The van der Waals surface area contributed by atoms with Gasteiger partial charge in [-0.1, -0.05) is 54.6 Å². The van der Waals surface area contributed by atoms with E-state index in [0.717, 1.165) is 17.4 Å². The van der Waals surface area contributed by atoms with Gasteiger partial charge < -0.3 is 9.88 Å². The lowest BCUT2D eigenvalue weighted by Crippen LogP contribution is -2.11. The van der Waals surface area contributed by atoms with Crippen molar-refractivity contribution >= 4 is 22.5 Å². The number of carbonyl (C=O) groups excluding carboxylic acids is 1. The summed E-state index contributed by atoms with van der Waals surface area (Å²) in [6.07, 6.45) is 3.56. The Hall–Kier alpha value is -4.12. The Labute approximate surface area is 199 Å². The van der Waals surface area contributed by atoms with Gasteiger partial charge in [-0.05, 0) is 61.2 Å². The number of hydrogen-bond donors (Lipinski definition) is 1. The Morgan fingerprint density at radius 3 is 2.47 bits per heavy atom. The maximum atomic E-state index is 13.0. The van der Waals surface area contributed by atoms with Crippen molar-refractivity contribution in [2.75, 3.05) is 5.32 Å². The van der Waals surface area contributed by atoms with E-state index in [2.05, 4.69) is 78.2 Å². The van der Waals surface area contributed by atoms with Gasteiger partial charge in [0.15, 0.2) is 0 Å². The molecule has 0 aliphatic rings. The number of nitrogens with one attached hydrogen (secondary N) is 1. The molecular weight excluding hydrogens is 420 g/mol. The SMILES string of the molecule is Cc1ccccc1Cn1cc(NC(=O)c2ccc3c(c2)c(C)c(C)n3Cc2ccccc2)cn1. The van der Waals surface area contributed by atoms with E-state index in [1.165, 1.54) is 27.9 Å². The predicted molar refractivity (Wildman–Crippen MR) is 137 cm³/mol. The van der Waals surface area contributed by atoms with Crippen LogP contribution in [0.4, 0.5) is 5.69 Å². The smallest absolute Gasteiger partial charge is 0.255 e. The number of benzene rings is 3. The fourth-order valence-electron chi connectivity index (χ4n) is 4.44. The van der Waals surface area contributed by atoms with Crippen LogP contribution in [0.1, 0.15) is 38.3 Å². The zero-order valence-electron chi connectivity index (χ0n) is 19.7. The molecule has 0 atom stereocenters. The van der Waals surface area contributed by atoms with Crippen molar-refractivity contribution in [1.82, 2.24) is 14.3 Å². The second-order valence-corrected chi connectivity index (χ2v) is 8.82. The minimum absolute atomic E-state index is 0.134. The molecule has 0 saturated heterocycles. The number of rotatable bonds is 6. The molecule has 34 heavy (non-hydrogen) atoms. The van der Waals surface area contributed by atoms with Crippen molar-refractivity contribution in [3.63, 3.8) is 0 Å². The van der Waals surface area contributed by atoms with Crippen LogP contribution in [0.2, 0.25) is 0 Å². The van der Waals surface area contributed by atoms with E-state index < -0.39 is 0 Å². The zero-order chi connectivity index (χ0) is 23.7. The minimum atomic E-state index is -0.134. The molecule has 2 aromatic heterocycles. The lowest BCUT2D eigenvalue weighted by atomic mass is 10.1. The quantitative estimate of drug-likeness (QED) is 0.341. The van der Waals surface area contributed by atoms with E-state index in [1.54, 1.807) is 6.20 Å². The summed E-state index contributed by atoms with van der Waals surface area (Å²) in [7, 11) is 0. The van der Waals surface area contributed by atoms with Crippen molar-refractivity contribution in [2.45, 2.75) is 33.9 Å². The first-order valence-corrected chi connectivity index (χ1v) is 11.5. The first-order chi connectivity index (χ1) is 16.5. The molecule has 5 nitrogen and oxygen atoms in total. The summed E-state index contributed by atoms with van der Waals surface area (Å²) in [5.74, 6) is -0.134. The number of fused-ring (bicyclic) bond motifs is 1. The summed E-state index contributed by atoms with van der Waals surface area (Å²) >= 11 is 0. The van der Waals surface area contributed by atoms with Crippen LogP contribution in [-0.2, 0) is 13.1 Å². The molecule has 0 fully saturated rings. The molecular formula is C29H28N4O. The van der Waals surface area contributed by atoms with Crippen LogP contribution in [-0.4, -0.2) is 20.3 Å². The van der Waals surface area contributed by atoms with E-state index in [0.29, 0.717) is 17.8 Å². The molecule has 0 aliphatic carbocycles. The van der Waals surface area contributed by atoms with Gasteiger partial charge in [0.05, 0.1) is 18.4 Å². The fraction of sp³-hybridized carbons (Fsp3) is 0.172. The number of anilines is 1. The van der Waals surface area contributed by atoms with Crippen LogP contribution in [0.3, 0.4) is 0 Å². The van der Waals surface area contributed by atoms with Crippen LogP contribution < -0.4 is 5.32 Å². The van der Waals surface area contributed by atoms with E-state index in [9.17, 15) is 4.79 Å². The molecule has 0 spiro atoms. The summed E-state index contributed by atoms with van der Waals surface area (Å²) < 4.78 is 4.16. The Morgan fingerprint density at radius 1 is 0.912 bits per heavy atom. The Balaban J connectivity index is 1.35. The third kappa shape index (κ3) is 4.25. The summed E-state index contributed by atoms with van der Waals surface area (Å²) in [6.45, 7) is 7.83. The summed E-state index contributed by atoms with van der Waals surface area (Å²) in [6, 6.07) is 24.6. The van der Waals surface area contributed by atoms with Crippen molar-refractivity contribution in [1.29, 1.82) is 0 Å². The molecule has 1 N–H and O–H groups in total.